The number of fused-ring (bicyclic) bond motifs is 2. The van der Waals surface area contributed by atoms with Gasteiger partial charge in [0.25, 0.3) is 0 Å². The van der Waals surface area contributed by atoms with Crippen molar-refractivity contribution in [2.24, 2.45) is 0 Å². The summed E-state index contributed by atoms with van der Waals surface area (Å²) in [5.41, 5.74) is 3.48. The van der Waals surface area contributed by atoms with Gasteiger partial charge in [0.15, 0.2) is 0 Å². The van der Waals surface area contributed by atoms with Crippen LogP contribution in [0.4, 0.5) is 10.1 Å². The van der Waals surface area contributed by atoms with Crippen LogP contribution in [-0.4, -0.2) is 59.2 Å². The summed E-state index contributed by atoms with van der Waals surface area (Å²) in [6.07, 6.45) is 1.65. The number of benzene rings is 2. The minimum Gasteiger partial charge on any atom is -0.399 e. The predicted molar refractivity (Wildman–Crippen MR) is 145 cm³/mol. The van der Waals surface area contributed by atoms with Gasteiger partial charge in [-0.3, -0.25) is 9.55 Å². The molecule has 10 heteroatoms. The summed E-state index contributed by atoms with van der Waals surface area (Å²) in [7, 11) is -0.600. The van der Waals surface area contributed by atoms with E-state index in [1.165, 1.54) is 12.1 Å². The molecule has 2 aliphatic rings. The fraction of sp³-hybridized carbons (Fsp3) is 0.407. The van der Waals surface area contributed by atoms with E-state index in [4.69, 9.17) is 30.6 Å². The quantitative estimate of drug-likeness (QED) is 0.360. The smallest absolute Gasteiger partial charge is 0.399 e. The van der Waals surface area contributed by atoms with E-state index < -0.39 is 18.3 Å². The number of pyridine rings is 1. The molecule has 0 saturated carbocycles. The highest BCUT2D eigenvalue weighted by atomic mass is 35.5. The third-order valence-corrected chi connectivity index (χ3v) is 8.14. The molecule has 2 fully saturated rings. The first-order valence-electron chi connectivity index (χ1n) is 12.5. The van der Waals surface area contributed by atoms with Gasteiger partial charge in [0, 0.05) is 30.4 Å². The minimum atomic E-state index is -0.600. The molecule has 0 N–H and O–H groups in total. The second kappa shape index (κ2) is 8.66. The van der Waals surface area contributed by atoms with Crippen molar-refractivity contribution in [2.75, 3.05) is 31.2 Å². The van der Waals surface area contributed by atoms with Gasteiger partial charge in [-0.05, 0) is 65.0 Å². The molecule has 0 bridgehead atoms. The molecule has 2 saturated heterocycles. The number of imidazole rings is 1. The maximum atomic E-state index is 15.2. The molecule has 37 heavy (non-hydrogen) atoms. The highest BCUT2D eigenvalue weighted by Gasteiger charge is 2.52. The first-order valence-corrected chi connectivity index (χ1v) is 12.9. The fourth-order valence-electron chi connectivity index (χ4n) is 5.13. The third-order valence-electron chi connectivity index (χ3n) is 7.84. The normalized spacial score (nSPS) is 19.3. The molecule has 7 nitrogen and oxygen atoms in total. The third kappa shape index (κ3) is 3.91. The van der Waals surface area contributed by atoms with E-state index in [2.05, 4.69) is 22.0 Å². The number of rotatable bonds is 3. The highest BCUT2D eigenvalue weighted by Crippen LogP contribution is 2.38. The summed E-state index contributed by atoms with van der Waals surface area (Å²) in [5, 5.41) is 0.749. The van der Waals surface area contributed by atoms with Gasteiger partial charge in [-0.25, -0.2) is 9.37 Å². The van der Waals surface area contributed by atoms with Crippen LogP contribution >= 0.6 is 11.6 Å². The summed E-state index contributed by atoms with van der Waals surface area (Å²) in [6.45, 7) is 12.9. The summed E-state index contributed by atoms with van der Waals surface area (Å²) in [4.78, 5) is 11.6. The van der Waals surface area contributed by atoms with Gasteiger partial charge in [0.05, 0.1) is 57.1 Å². The monoisotopic (exact) mass is 522 g/mol. The Morgan fingerprint density at radius 3 is 2.41 bits per heavy atom. The van der Waals surface area contributed by atoms with E-state index in [9.17, 15) is 0 Å². The summed E-state index contributed by atoms with van der Waals surface area (Å²) >= 11 is 6.41. The van der Waals surface area contributed by atoms with Crippen LogP contribution in [0.3, 0.4) is 0 Å². The molecule has 0 amide bonds. The average molecular weight is 523 g/mol. The summed E-state index contributed by atoms with van der Waals surface area (Å²) < 4.78 is 35.7. The standard InChI is InChI=1S/C27H29BClFN4O3/c1-16-32-24-18(28-36-26(2,3)27(4,5)37-28)14-17(33-10-12-35-13-11-33)15-22(24)34(16)21-8-9-31-25-19(29)6-7-20(30)23(21)25/h6-9,14-15H,10-13H2,1-5H3. The molecule has 2 aliphatic heterocycles. The molecule has 2 aromatic heterocycles. The maximum Gasteiger partial charge on any atom is 0.497 e. The molecule has 0 spiro atoms. The molecule has 6 rings (SSSR count). The minimum absolute atomic E-state index is 0.353. The zero-order valence-corrected chi connectivity index (χ0v) is 22.4. The van der Waals surface area contributed by atoms with Crippen molar-refractivity contribution < 1.29 is 18.4 Å². The van der Waals surface area contributed by atoms with E-state index in [0.29, 0.717) is 40.7 Å². The van der Waals surface area contributed by atoms with Gasteiger partial charge < -0.3 is 18.9 Å². The number of hydrogen-bond acceptors (Lipinski definition) is 6. The number of aromatic nitrogens is 3. The molecule has 2 aromatic carbocycles. The Bertz CT molecular complexity index is 1520. The van der Waals surface area contributed by atoms with Gasteiger partial charge >= 0.3 is 7.12 Å². The largest absolute Gasteiger partial charge is 0.497 e. The number of anilines is 1. The molecule has 4 aromatic rings. The number of ether oxygens (including phenoxy) is 1. The maximum absolute atomic E-state index is 15.2. The SMILES string of the molecule is Cc1nc2c(B3OC(C)(C)C(C)(C)O3)cc(N3CCOCC3)cc2n1-c1ccnc2c(Cl)ccc(F)c12. The zero-order chi connectivity index (χ0) is 26.1. The van der Waals surface area contributed by atoms with Gasteiger partial charge in [0.1, 0.15) is 11.6 Å². The average Bonchev–Trinajstić information content (AvgIpc) is 3.31. The van der Waals surface area contributed by atoms with Crippen LogP contribution in [0.25, 0.3) is 27.6 Å². The number of morpholine rings is 1. The van der Waals surface area contributed by atoms with Gasteiger partial charge in [-0.15, -0.1) is 0 Å². The summed E-state index contributed by atoms with van der Waals surface area (Å²) in [5.74, 6) is 0.318. The molecule has 0 radical (unpaired) electrons. The van der Waals surface area contributed by atoms with Crippen molar-refractivity contribution in [1.82, 2.24) is 14.5 Å². The molecule has 4 heterocycles. The number of halogens is 2. The lowest BCUT2D eigenvalue weighted by atomic mass is 9.77. The van der Waals surface area contributed by atoms with E-state index in [1.54, 1.807) is 12.3 Å². The zero-order valence-electron chi connectivity index (χ0n) is 21.6. The number of aryl methyl sites for hydroxylation is 1. The van der Waals surface area contributed by atoms with Crippen LogP contribution in [0, 0.1) is 12.7 Å². The van der Waals surface area contributed by atoms with Crippen LogP contribution in [0.5, 0.6) is 0 Å². The van der Waals surface area contributed by atoms with Crippen LogP contribution in [0.2, 0.25) is 5.02 Å². The molecule has 0 unspecified atom stereocenters. The first-order chi connectivity index (χ1) is 17.6. The Labute approximate surface area is 220 Å². The van der Waals surface area contributed by atoms with E-state index in [1.807, 2.05) is 39.2 Å². The van der Waals surface area contributed by atoms with Crippen LogP contribution in [0.1, 0.15) is 33.5 Å². The lowest BCUT2D eigenvalue weighted by Crippen LogP contribution is -2.41. The Kier molecular flexibility index (Phi) is 5.76. The van der Waals surface area contributed by atoms with E-state index >= 15 is 4.39 Å². The van der Waals surface area contributed by atoms with Crippen molar-refractivity contribution in [1.29, 1.82) is 0 Å². The first kappa shape index (κ1) is 24.6. The lowest BCUT2D eigenvalue weighted by molar-refractivity contribution is 0.00578. The summed E-state index contributed by atoms with van der Waals surface area (Å²) in [6, 6.07) is 8.91. The highest BCUT2D eigenvalue weighted by molar-refractivity contribution is 6.65. The van der Waals surface area contributed by atoms with Crippen molar-refractivity contribution in [3.05, 3.63) is 53.2 Å². The van der Waals surface area contributed by atoms with Gasteiger partial charge in [-0.2, -0.15) is 0 Å². The molecular weight excluding hydrogens is 494 g/mol. The topological polar surface area (TPSA) is 61.6 Å². The Hall–Kier alpha value is -2.72. The second-order valence-electron chi connectivity index (χ2n) is 10.7. The predicted octanol–water partition coefficient (Wildman–Crippen LogP) is 4.81. The Balaban J connectivity index is 1.62. The molecular formula is C27H29BClFN4O3. The van der Waals surface area contributed by atoms with Crippen LogP contribution in [0.15, 0.2) is 36.5 Å². The van der Waals surface area contributed by atoms with Gasteiger partial charge in [0.2, 0.25) is 0 Å². The van der Waals surface area contributed by atoms with Crippen molar-refractivity contribution in [3.8, 4) is 5.69 Å². The van der Waals surface area contributed by atoms with Crippen LogP contribution in [-0.2, 0) is 14.0 Å². The van der Waals surface area contributed by atoms with Crippen molar-refractivity contribution >= 4 is 51.8 Å². The Morgan fingerprint density at radius 1 is 1.00 bits per heavy atom. The number of hydrogen-bond donors (Lipinski definition) is 0. The van der Waals surface area contributed by atoms with E-state index in [-0.39, 0.29) is 5.82 Å². The van der Waals surface area contributed by atoms with Crippen molar-refractivity contribution in [2.45, 2.75) is 45.8 Å². The van der Waals surface area contributed by atoms with Crippen molar-refractivity contribution in [3.63, 3.8) is 0 Å². The van der Waals surface area contributed by atoms with Crippen LogP contribution < -0.4 is 10.4 Å². The number of nitrogens with zero attached hydrogens (tertiary/aromatic N) is 4. The van der Waals surface area contributed by atoms with E-state index in [0.717, 1.165) is 35.3 Å². The molecule has 0 aliphatic carbocycles. The van der Waals surface area contributed by atoms with Gasteiger partial charge in [-0.1, -0.05) is 11.6 Å². The molecule has 192 valence electrons. The second-order valence-corrected chi connectivity index (χ2v) is 11.1. The lowest BCUT2D eigenvalue weighted by Gasteiger charge is -2.32. The fourth-order valence-corrected chi connectivity index (χ4v) is 5.33. The molecule has 0 atom stereocenters. The Morgan fingerprint density at radius 2 is 1.70 bits per heavy atom.